The molecule has 1 aliphatic rings. The Labute approximate surface area is 488 Å². The van der Waals surface area contributed by atoms with E-state index < -0.39 is 126 Å². The van der Waals surface area contributed by atoms with E-state index in [1.165, 1.54) is 68.4 Å². The summed E-state index contributed by atoms with van der Waals surface area (Å²) in [4.78, 5) is 124. The fraction of sp³-hybridized carbons (Fsp3) is 0.806. The molecule has 0 fully saturated rings. The summed E-state index contributed by atoms with van der Waals surface area (Å²) in [6.07, 6.45) is 8.45. The van der Waals surface area contributed by atoms with Crippen molar-refractivity contribution in [1.82, 2.24) is 0 Å². The third-order valence-electron chi connectivity index (χ3n) is 14.0. The van der Waals surface area contributed by atoms with Gasteiger partial charge in [-0.2, -0.15) is 0 Å². The molecule has 20 heteroatoms. The van der Waals surface area contributed by atoms with E-state index in [1.807, 2.05) is 20.8 Å². The van der Waals surface area contributed by atoms with E-state index in [9.17, 15) is 47.9 Å². The van der Waals surface area contributed by atoms with Crippen LogP contribution in [0.2, 0.25) is 0 Å². The van der Waals surface area contributed by atoms with Crippen molar-refractivity contribution in [1.29, 1.82) is 0 Å². The van der Waals surface area contributed by atoms with Crippen LogP contribution in [0.4, 0.5) is 0 Å². The van der Waals surface area contributed by atoms with Crippen LogP contribution >= 0.6 is 0 Å². The highest BCUT2D eigenvalue weighted by molar-refractivity contribution is 5.83. The third-order valence-corrected chi connectivity index (χ3v) is 14.0. The predicted octanol–water partition coefficient (Wildman–Crippen LogP) is 11.4. The maximum absolute atomic E-state index is 13.5. The summed E-state index contributed by atoms with van der Waals surface area (Å²) in [6, 6.07) is 0. The van der Waals surface area contributed by atoms with Crippen molar-refractivity contribution in [2.75, 3.05) is 0 Å². The topological polar surface area (TPSA) is 263 Å². The van der Waals surface area contributed by atoms with Gasteiger partial charge in [0.15, 0.2) is 0 Å². The van der Waals surface area contributed by atoms with Crippen molar-refractivity contribution >= 4 is 59.7 Å². The first-order valence-corrected chi connectivity index (χ1v) is 29.9. The van der Waals surface area contributed by atoms with Gasteiger partial charge in [0.1, 0.15) is 61.0 Å². The summed E-state index contributed by atoms with van der Waals surface area (Å²) in [5.74, 6) is -4.71. The van der Waals surface area contributed by atoms with Gasteiger partial charge in [-0.15, -0.1) is 0 Å². The molecule has 20 nitrogen and oxygen atoms in total. The van der Waals surface area contributed by atoms with Crippen molar-refractivity contribution in [2.45, 2.75) is 318 Å². The number of ether oxygens (including phenoxy) is 10. The average Bonchev–Trinajstić information content (AvgIpc) is 3.31. The van der Waals surface area contributed by atoms with Gasteiger partial charge in [0.25, 0.3) is 0 Å². The van der Waals surface area contributed by atoms with Crippen LogP contribution in [-0.4, -0.2) is 121 Å². The number of esters is 10. The molecule has 0 aromatic carbocycles. The van der Waals surface area contributed by atoms with Crippen LogP contribution in [0.1, 0.15) is 257 Å². The molecule has 0 spiro atoms. The van der Waals surface area contributed by atoms with E-state index in [2.05, 4.69) is 0 Å². The first-order chi connectivity index (χ1) is 38.5. The van der Waals surface area contributed by atoms with Crippen molar-refractivity contribution < 1.29 is 95.3 Å². The Hall–Kier alpha value is -5.56. The van der Waals surface area contributed by atoms with E-state index in [0.717, 1.165) is 5.57 Å². The van der Waals surface area contributed by atoms with Gasteiger partial charge in [0, 0.05) is 81.2 Å². The summed E-state index contributed by atoms with van der Waals surface area (Å²) in [5.41, 5.74) is 0.171. The van der Waals surface area contributed by atoms with Gasteiger partial charge in [0.2, 0.25) is 0 Å². The normalized spacial score (nSPS) is 26.8. The quantitative estimate of drug-likeness (QED) is 0.153. The molecule has 0 saturated heterocycles. The van der Waals surface area contributed by atoms with Crippen LogP contribution in [0.25, 0.3) is 0 Å². The first kappa shape index (κ1) is 74.5. The van der Waals surface area contributed by atoms with Crippen molar-refractivity contribution in [3.05, 3.63) is 11.6 Å². The molecular weight excluding hydrogens is 1060 g/mol. The average molecular weight is 1170 g/mol. The Morgan fingerprint density at radius 2 is 0.537 bits per heavy atom. The van der Waals surface area contributed by atoms with E-state index in [4.69, 9.17) is 47.4 Å². The van der Waals surface area contributed by atoms with Crippen LogP contribution in [0.5, 0.6) is 0 Å². The zero-order chi connectivity index (χ0) is 61.8. The summed E-state index contributed by atoms with van der Waals surface area (Å²) in [5, 5.41) is 0. The second kappa shape index (κ2) is 41.4. The molecule has 470 valence electrons. The number of cyclic esters (lactones) is 1. The van der Waals surface area contributed by atoms with Gasteiger partial charge in [-0.25, -0.2) is 4.79 Å². The minimum absolute atomic E-state index is 0.215. The number of hydrogen-bond donors (Lipinski definition) is 0. The van der Waals surface area contributed by atoms with E-state index in [-0.39, 0.29) is 12.8 Å². The lowest BCUT2D eigenvalue weighted by molar-refractivity contribution is -0.157. The first-order valence-electron chi connectivity index (χ1n) is 29.9. The predicted molar refractivity (Wildman–Crippen MR) is 303 cm³/mol. The minimum atomic E-state index is -0.657. The molecule has 0 bridgehead atoms. The molecule has 82 heavy (non-hydrogen) atoms. The van der Waals surface area contributed by atoms with Gasteiger partial charge >= 0.3 is 59.7 Å². The lowest BCUT2D eigenvalue weighted by Gasteiger charge is -2.33. The molecule has 0 saturated carbocycles. The highest BCUT2D eigenvalue weighted by Crippen LogP contribution is 2.31. The smallest absolute Gasteiger partial charge is 0.330 e. The van der Waals surface area contributed by atoms with Gasteiger partial charge in [-0.05, 0) is 166 Å². The van der Waals surface area contributed by atoms with E-state index >= 15 is 0 Å². The minimum Gasteiger partial charge on any atom is -0.463 e. The molecule has 0 aromatic heterocycles. The molecule has 10 atom stereocenters. The second-order valence-electron chi connectivity index (χ2n) is 23.2. The van der Waals surface area contributed by atoms with Crippen LogP contribution in [0, 0.1) is 5.41 Å². The molecule has 0 aliphatic carbocycles. The third kappa shape index (κ3) is 39.8. The van der Waals surface area contributed by atoms with Gasteiger partial charge in [-0.1, -0.05) is 26.3 Å². The molecule has 0 N–H and O–H groups in total. The van der Waals surface area contributed by atoms with Gasteiger partial charge < -0.3 is 47.4 Å². The van der Waals surface area contributed by atoms with Gasteiger partial charge in [-0.3, -0.25) is 43.2 Å². The SMILES string of the molecule is CC(=O)OC1CCCC(OC(C)=O)CCCC(OC(C)=O)CCCC(OC(C)=O)CCCC(OC(C)=O)CC(C(C)(C)C)OC(=O)/C=C(/C)CCCC(OC(C)=O)CC(OC(C)=O)CCCC(OC(C)=O)CCCC(OC(C)=O)CCC1. The summed E-state index contributed by atoms with van der Waals surface area (Å²) >= 11 is 0. The Balaban J connectivity index is 3.55. The van der Waals surface area contributed by atoms with Crippen LogP contribution in [-0.2, 0) is 95.3 Å². The van der Waals surface area contributed by atoms with E-state index in [1.54, 1.807) is 6.92 Å². The summed E-state index contributed by atoms with van der Waals surface area (Å²) in [7, 11) is 0. The van der Waals surface area contributed by atoms with Crippen LogP contribution in [0.15, 0.2) is 11.6 Å². The van der Waals surface area contributed by atoms with Crippen LogP contribution < -0.4 is 0 Å². The molecule has 0 radical (unpaired) electrons. The fourth-order valence-corrected chi connectivity index (χ4v) is 10.5. The molecule has 10 unspecified atom stereocenters. The Bertz CT molecular complexity index is 2010. The maximum Gasteiger partial charge on any atom is 0.330 e. The number of carbonyl (C=O) groups is 10. The fourth-order valence-electron chi connectivity index (χ4n) is 10.5. The Morgan fingerprint density at radius 3 is 0.756 bits per heavy atom. The lowest BCUT2D eigenvalue weighted by Crippen LogP contribution is -2.36. The molecule has 1 rings (SSSR count). The Morgan fingerprint density at radius 1 is 0.341 bits per heavy atom. The zero-order valence-electron chi connectivity index (χ0n) is 51.9. The van der Waals surface area contributed by atoms with E-state index in [0.29, 0.717) is 154 Å². The molecule has 1 aliphatic heterocycles. The maximum atomic E-state index is 13.5. The molecule has 0 amide bonds. The standard InChI is InChI=1S/C62H102O20/c1-41-22-14-35-57(79-48(8)69)39-58(80-49(9)70)36-20-33-55(77-46(6)67)31-18-29-53(75-44(4)65)27-16-25-51(73-42(2)63)23-15-24-52(74-43(3)64)26-17-28-54(76-45(5)66)30-19-32-56(78-47(7)68)34-21-37-59(81-50(10)71)40-60(62(11,12)13)82-61(72)38-41/h38,51-60H,14-37,39-40H2,1-13H3/b41-38-. The van der Waals surface area contributed by atoms with Crippen molar-refractivity contribution in [2.24, 2.45) is 5.41 Å². The summed E-state index contributed by atoms with van der Waals surface area (Å²) < 4.78 is 57.5. The highest BCUT2D eigenvalue weighted by Gasteiger charge is 2.33. The van der Waals surface area contributed by atoms with Gasteiger partial charge in [0.05, 0.1) is 0 Å². The highest BCUT2D eigenvalue weighted by atomic mass is 16.6. The Kier molecular flexibility index (Phi) is 37.6. The van der Waals surface area contributed by atoms with Crippen LogP contribution in [0.3, 0.4) is 0 Å². The van der Waals surface area contributed by atoms with Crippen molar-refractivity contribution in [3.63, 3.8) is 0 Å². The molecule has 1 heterocycles. The monoisotopic (exact) mass is 1170 g/mol. The zero-order valence-corrected chi connectivity index (χ0v) is 51.9. The van der Waals surface area contributed by atoms with Crippen molar-refractivity contribution in [3.8, 4) is 0 Å². The lowest BCUT2D eigenvalue weighted by atomic mass is 9.84. The number of carbonyl (C=O) groups excluding carboxylic acids is 10. The number of rotatable bonds is 9. The summed E-state index contributed by atoms with van der Waals surface area (Å²) in [6.45, 7) is 19.6. The molecule has 0 aromatic rings. The second-order valence-corrected chi connectivity index (χ2v) is 23.2. The molecular formula is C62H102O20. The number of hydrogen-bond acceptors (Lipinski definition) is 20. The number of allylic oxidation sites excluding steroid dienone is 1. The largest absolute Gasteiger partial charge is 0.463 e.